The van der Waals surface area contributed by atoms with Gasteiger partial charge in [0, 0.05) is 0 Å². The fraction of sp³-hybridized carbons (Fsp3) is 0.556. The zero-order valence-corrected chi connectivity index (χ0v) is 6.36. The first kappa shape index (κ1) is 6.60. The van der Waals surface area contributed by atoms with Crippen molar-refractivity contribution >= 4 is 0 Å². The molecule has 0 saturated carbocycles. The van der Waals surface area contributed by atoms with Gasteiger partial charge >= 0.3 is 0 Å². The molecule has 0 heteroatoms. The lowest BCUT2D eigenvalue weighted by Gasteiger charge is -2.17. The van der Waals surface area contributed by atoms with Crippen molar-refractivity contribution in [2.45, 2.75) is 27.2 Å². The van der Waals surface area contributed by atoms with Crippen molar-refractivity contribution in [3.05, 3.63) is 23.8 Å². The maximum absolute atomic E-state index is 3.16. The maximum Gasteiger partial charge on any atom is -0.00885 e. The average Bonchev–Trinajstić information content (AvgIpc) is 2.08. The summed E-state index contributed by atoms with van der Waals surface area (Å²) in [5, 5.41) is 0. The van der Waals surface area contributed by atoms with Crippen LogP contribution in [-0.2, 0) is 0 Å². The van der Waals surface area contributed by atoms with E-state index >= 15 is 0 Å². The van der Waals surface area contributed by atoms with E-state index in [9.17, 15) is 0 Å². The minimum Gasteiger partial charge on any atom is -0.0764 e. The highest BCUT2D eigenvalue weighted by Gasteiger charge is 2.15. The zero-order valence-electron chi connectivity index (χ0n) is 6.36. The van der Waals surface area contributed by atoms with Gasteiger partial charge in [0.15, 0.2) is 0 Å². The first-order valence-electron chi connectivity index (χ1n) is 3.38. The maximum atomic E-state index is 3.16. The molecule has 0 nitrogen and oxygen atoms in total. The Labute approximate surface area is 57.3 Å². The molecule has 0 aromatic heterocycles. The van der Waals surface area contributed by atoms with E-state index in [0.29, 0.717) is 5.41 Å². The fourth-order valence-corrected chi connectivity index (χ4v) is 0.919. The Kier molecular flexibility index (Phi) is 1.48. The smallest absolute Gasteiger partial charge is 0.00885 e. The van der Waals surface area contributed by atoms with Gasteiger partial charge in [-0.2, -0.15) is 0 Å². The molecule has 1 radical (unpaired) electrons. The van der Waals surface area contributed by atoms with E-state index in [-0.39, 0.29) is 0 Å². The summed E-state index contributed by atoms with van der Waals surface area (Å²) >= 11 is 0. The van der Waals surface area contributed by atoms with Crippen LogP contribution in [0.25, 0.3) is 0 Å². The molecule has 0 unspecified atom stereocenters. The van der Waals surface area contributed by atoms with Crippen molar-refractivity contribution in [3.63, 3.8) is 0 Å². The van der Waals surface area contributed by atoms with E-state index in [4.69, 9.17) is 0 Å². The van der Waals surface area contributed by atoms with Crippen LogP contribution >= 0.6 is 0 Å². The predicted octanol–water partition coefficient (Wildman–Crippen LogP) is 2.72. The van der Waals surface area contributed by atoms with Crippen molar-refractivity contribution in [2.24, 2.45) is 5.41 Å². The molecule has 0 aromatic carbocycles. The van der Waals surface area contributed by atoms with Crippen molar-refractivity contribution in [3.8, 4) is 0 Å². The van der Waals surface area contributed by atoms with Crippen LogP contribution in [0.3, 0.4) is 0 Å². The highest BCUT2D eigenvalue weighted by molar-refractivity contribution is 5.28. The van der Waals surface area contributed by atoms with E-state index in [1.807, 2.05) is 0 Å². The molecule has 0 atom stereocenters. The van der Waals surface area contributed by atoms with Crippen molar-refractivity contribution in [1.29, 1.82) is 0 Å². The minimum absolute atomic E-state index is 0.323. The summed E-state index contributed by atoms with van der Waals surface area (Å²) < 4.78 is 0. The molecular formula is C9H13. The summed E-state index contributed by atoms with van der Waals surface area (Å²) in [6, 6.07) is 0. The highest BCUT2D eigenvalue weighted by atomic mass is 14.2. The molecule has 1 aliphatic rings. The fourth-order valence-electron chi connectivity index (χ4n) is 0.919. The van der Waals surface area contributed by atoms with Gasteiger partial charge < -0.3 is 0 Å². The second kappa shape index (κ2) is 2.02. The Bertz CT molecular complexity index is 153. The SMILES string of the molecule is CC(C)(C)C1=CC[C]=C1. The van der Waals surface area contributed by atoms with Crippen molar-refractivity contribution in [1.82, 2.24) is 0 Å². The van der Waals surface area contributed by atoms with Crippen LogP contribution in [0.15, 0.2) is 17.7 Å². The van der Waals surface area contributed by atoms with E-state index in [0.717, 1.165) is 6.42 Å². The molecule has 0 bridgehead atoms. The van der Waals surface area contributed by atoms with Gasteiger partial charge in [-0.15, -0.1) is 0 Å². The molecule has 0 spiro atoms. The standard InChI is InChI=1S/C9H13/c1-9(2,3)8-6-4-5-7-8/h6-7H,4H2,1-3H3. The van der Waals surface area contributed by atoms with Crippen LogP contribution in [0.4, 0.5) is 0 Å². The molecule has 0 amide bonds. The topological polar surface area (TPSA) is 0 Å². The van der Waals surface area contributed by atoms with E-state index in [1.54, 1.807) is 0 Å². The number of hydrogen-bond acceptors (Lipinski definition) is 0. The molecule has 0 saturated heterocycles. The summed E-state index contributed by atoms with van der Waals surface area (Å²) in [4.78, 5) is 0. The summed E-state index contributed by atoms with van der Waals surface area (Å²) in [5.74, 6) is 0. The van der Waals surface area contributed by atoms with Gasteiger partial charge in [-0.3, -0.25) is 0 Å². The third-order valence-corrected chi connectivity index (χ3v) is 1.56. The zero-order chi connectivity index (χ0) is 6.91. The molecule has 0 N–H and O–H groups in total. The Morgan fingerprint density at radius 1 is 1.44 bits per heavy atom. The Morgan fingerprint density at radius 2 is 2.11 bits per heavy atom. The lowest BCUT2D eigenvalue weighted by Crippen LogP contribution is -2.05. The van der Waals surface area contributed by atoms with Crippen molar-refractivity contribution < 1.29 is 0 Å². The Balaban J connectivity index is 2.73. The van der Waals surface area contributed by atoms with Gasteiger partial charge in [0.1, 0.15) is 0 Å². The van der Waals surface area contributed by atoms with Crippen LogP contribution in [0.5, 0.6) is 0 Å². The molecule has 1 rings (SSSR count). The van der Waals surface area contributed by atoms with E-state index in [1.165, 1.54) is 5.57 Å². The van der Waals surface area contributed by atoms with Crippen LogP contribution in [0.1, 0.15) is 27.2 Å². The van der Waals surface area contributed by atoms with Gasteiger partial charge in [0.05, 0.1) is 0 Å². The second-order valence-corrected chi connectivity index (χ2v) is 3.46. The molecule has 49 valence electrons. The summed E-state index contributed by atoms with van der Waals surface area (Å²) in [6.07, 6.45) is 8.50. The molecule has 1 aliphatic carbocycles. The first-order valence-corrected chi connectivity index (χ1v) is 3.38. The van der Waals surface area contributed by atoms with E-state index in [2.05, 4.69) is 39.0 Å². The van der Waals surface area contributed by atoms with Crippen LogP contribution in [0, 0.1) is 11.5 Å². The van der Waals surface area contributed by atoms with Crippen molar-refractivity contribution in [2.75, 3.05) is 0 Å². The number of allylic oxidation sites excluding steroid dienone is 4. The van der Waals surface area contributed by atoms with Crippen LogP contribution in [-0.4, -0.2) is 0 Å². The van der Waals surface area contributed by atoms with Gasteiger partial charge in [-0.1, -0.05) is 32.9 Å². The quantitative estimate of drug-likeness (QED) is 0.462. The van der Waals surface area contributed by atoms with E-state index < -0.39 is 0 Å². The third kappa shape index (κ3) is 1.44. The molecule has 0 fully saturated rings. The number of hydrogen-bond donors (Lipinski definition) is 0. The van der Waals surface area contributed by atoms with Gasteiger partial charge in [-0.25, -0.2) is 0 Å². The molecule has 0 heterocycles. The van der Waals surface area contributed by atoms with Crippen LogP contribution < -0.4 is 0 Å². The summed E-state index contributed by atoms with van der Waals surface area (Å²) in [6.45, 7) is 6.67. The molecule has 0 aliphatic heterocycles. The third-order valence-electron chi connectivity index (χ3n) is 1.56. The second-order valence-electron chi connectivity index (χ2n) is 3.46. The van der Waals surface area contributed by atoms with Gasteiger partial charge in [0.25, 0.3) is 0 Å². The Hall–Kier alpha value is -0.520. The molecule has 0 aromatic rings. The Morgan fingerprint density at radius 3 is 2.33 bits per heavy atom. The average molecular weight is 121 g/mol. The van der Waals surface area contributed by atoms with Gasteiger partial charge in [-0.05, 0) is 23.5 Å². The number of rotatable bonds is 0. The summed E-state index contributed by atoms with van der Waals surface area (Å²) in [5.41, 5.74) is 1.74. The minimum atomic E-state index is 0.323. The van der Waals surface area contributed by atoms with Crippen LogP contribution in [0.2, 0.25) is 0 Å². The lowest BCUT2D eigenvalue weighted by atomic mass is 9.87. The highest BCUT2D eigenvalue weighted by Crippen LogP contribution is 2.28. The summed E-state index contributed by atoms with van der Waals surface area (Å²) in [7, 11) is 0. The van der Waals surface area contributed by atoms with Gasteiger partial charge in [0.2, 0.25) is 0 Å². The molecule has 9 heavy (non-hydrogen) atoms. The monoisotopic (exact) mass is 121 g/mol. The largest absolute Gasteiger partial charge is 0.0764 e. The lowest BCUT2D eigenvalue weighted by molar-refractivity contribution is 0.518. The first-order chi connectivity index (χ1) is 4.11. The molecular weight excluding hydrogens is 108 g/mol. The normalized spacial score (nSPS) is 18.3. The predicted molar refractivity (Wildman–Crippen MR) is 40.0 cm³/mol.